The molecule has 1 aromatic heterocycles. The summed E-state index contributed by atoms with van der Waals surface area (Å²) >= 11 is 0. The number of fused-ring (bicyclic) bond motifs is 1. The molecule has 3 rings (SSSR count). The first-order chi connectivity index (χ1) is 9.56. The largest absolute Gasteiger partial charge is 0.382 e. The van der Waals surface area contributed by atoms with Crippen LogP contribution in [-0.2, 0) is 0 Å². The Balaban J connectivity index is 2.26. The predicted octanol–water partition coefficient (Wildman–Crippen LogP) is 3.30. The zero-order chi connectivity index (χ0) is 14.3. The van der Waals surface area contributed by atoms with Crippen molar-refractivity contribution < 1.29 is 13.2 Å². The molecule has 0 atom stereocenters. The van der Waals surface area contributed by atoms with Crippen molar-refractivity contribution in [2.24, 2.45) is 0 Å². The molecule has 0 spiro atoms. The van der Waals surface area contributed by atoms with Gasteiger partial charge in [0.25, 0.3) is 0 Å². The third-order valence-electron chi connectivity index (χ3n) is 2.85. The van der Waals surface area contributed by atoms with Gasteiger partial charge in [0.15, 0.2) is 23.3 Å². The van der Waals surface area contributed by atoms with Gasteiger partial charge in [0.05, 0.1) is 11.0 Å². The second kappa shape index (κ2) is 4.48. The monoisotopic (exact) mass is 275 g/mol. The van der Waals surface area contributed by atoms with Gasteiger partial charge in [-0.05, 0) is 24.3 Å². The van der Waals surface area contributed by atoms with Gasteiger partial charge >= 0.3 is 0 Å². The summed E-state index contributed by atoms with van der Waals surface area (Å²) in [6.07, 6.45) is 0. The lowest BCUT2D eigenvalue weighted by molar-refractivity contribution is 0.447. The van der Waals surface area contributed by atoms with Crippen molar-refractivity contribution in [1.29, 1.82) is 0 Å². The first kappa shape index (κ1) is 12.4. The summed E-state index contributed by atoms with van der Waals surface area (Å²) in [5, 5.41) is 0. The molecule has 2 N–H and O–H groups in total. The van der Waals surface area contributed by atoms with Crippen molar-refractivity contribution in [3.05, 3.63) is 53.8 Å². The highest BCUT2D eigenvalue weighted by Crippen LogP contribution is 2.27. The van der Waals surface area contributed by atoms with Gasteiger partial charge in [0.2, 0.25) is 0 Å². The van der Waals surface area contributed by atoms with Gasteiger partial charge < -0.3 is 5.73 Å². The number of nitrogens with zero attached hydrogens (tertiary/aromatic N) is 2. The van der Waals surface area contributed by atoms with Crippen LogP contribution >= 0.6 is 0 Å². The first-order valence-corrected chi connectivity index (χ1v) is 5.73. The van der Waals surface area contributed by atoms with Crippen molar-refractivity contribution in [3.63, 3.8) is 0 Å². The number of nitrogen functional groups attached to an aromatic ring is 1. The molecule has 0 saturated carbocycles. The minimum atomic E-state index is -1.53. The van der Waals surface area contributed by atoms with E-state index in [2.05, 4.69) is 9.97 Å². The molecule has 0 aliphatic carbocycles. The van der Waals surface area contributed by atoms with Crippen molar-refractivity contribution in [2.75, 3.05) is 5.73 Å². The predicted molar refractivity (Wildman–Crippen MR) is 69.3 cm³/mol. The third-order valence-corrected chi connectivity index (χ3v) is 2.85. The Morgan fingerprint density at radius 2 is 1.40 bits per heavy atom. The lowest BCUT2D eigenvalue weighted by Gasteiger charge is -2.07. The van der Waals surface area contributed by atoms with E-state index in [9.17, 15) is 13.2 Å². The zero-order valence-corrected chi connectivity index (χ0v) is 10.1. The molecule has 0 saturated heterocycles. The van der Waals surface area contributed by atoms with Crippen LogP contribution in [0.5, 0.6) is 0 Å². The molecule has 0 radical (unpaired) electrons. The number of aromatic nitrogens is 2. The molecule has 0 aliphatic rings. The lowest BCUT2D eigenvalue weighted by Crippen LogP contribution is -2.00. The van der Waals surface area contributed by atoms with Gasteiger partial charge in [-0.25, -0.2) is 23.1 Å². The average molecular weight is 275 g/mol. The van der Waals surface area contributed by atoms with Crippen molar-refractivity contribution >= 4 is 16.9 Å². The molecule has 0 unspecified atom stereocenters. The molecule has 0 aliphatic heterocycles. The number of rotatable bonds is 1. The molecule has 6 heteroatoms. The Labute approximate surface area is 111 Å². The van der Waals surface area contributed by atoms with Crippen LogP contribution in [0.25, 0.3) is 22.3 Å². The zero-order valence-electron chi connectivity index (χ0n) is 10.1. The maximum absolute atomic E-state index is 13.3. The molecule has 0 amide bonds. The van der Waals surface area contributed by atoms with Crippen molar-refractivity contribution in [1.82, 2.24) is 9.97 Å². The van der Waals surface area contributed by atoms with Gasteiger partial charge in [-0.15, -0.1) is 0 Å². The van der Waals surface area contributed by atoms with E-state index in [4.69, 9.17) is 5.73 Å². The summed E-state index contributed by atoms with van der Waals surface area (Å²) in [6, 6.07) is 8.62. The molecular weight excluding hydrogens is 267 g/mol. The smallest absolute Gasteiger partial charge is 0.194 e. The number of para-hydroxylation sites is 2. The highest BCUT2D eigenvalue weighted by molar-refractivity contribution is 5.82. The van der Waals surface area contributed by atoms with Gasteiger partial charge in [-0.1, -0.05) is 12.1 Å². The van der Waals surface area contributed by atoms with Crippen LogP contribution < -0.4 is 5.73 Å². The maximum Gasteiger partial charge on any atom is 0.194 e. The minimum absolute atomic E-state index is 0.0223. The van der Waals surface area contributed by atoms with Crippen LogP contribution in [0.15, 0.2) is 36.4 Å². The summed E-state index contributed by atoms with van der Waals surface area (Å²) in [5.41, 5.74) is 6.99. The number of nitrogens with two attached hydrogens (primary N) is 1. The summed E-state index contributed by atoms with van der Waals surface area (Å²) in [7, 11) is 0. The number of hydrogen-bond donors (Lipinski definition) is 1. The topological polar surface area (TPSA) is 51.8 Å². The first-order valence-electron chi connectivity index (χ1n) is 5.73. The van der Waals surface area contributed by atoms with E-state index < -0.39 is 17.5 Å². The highest BCUT2D eigenvalue weighted by atomic mass is 19.2. The van der Waals surface area contributed by atoms with E-state index in [1.165, 1.54) is 0 Å². The molecule has 3 aromatic rings. The van der Waals surface area contributed by atoms with Gasteiger partial charge in [0, 0.05) is 5.56 Å². The van der Waals surface area contributed by atoms with Crippen LogP contribution in [0.2, 0.25) is 0 Å². The Morgan fingerprint density at radius 3 is 2.00 bits per heavy atom. The van der Waals surface area contributed by atoms with Crippen LogP contribution in [0.4, 0.5) is 19.0 Å². The van der Waals surface area contributed by atoms with E-state index in [-0.39, 0.29) is 17.1 Å². The number of hydrogen-bond acceptors (Lipinski definition) is 3. The van der Waals surface area contributed by atoms with Crippen molar-refractivity contribution in [2.45, 2.75) is 0 Å². The Kier molecular flexibility index (Phi) is 2.78. The van der Waals surface area contributed by atoms with Crippen LogP contribution in [0.1, 0.15) is 0 Å². The Hall–Kier alpha value is -2.63. The molecular formula is C14H8F3N3. The Bertz CT molecular complexity index is 795. The van der Waals surface area contributed by atoms with Gasteiger partial charge in [0.1, 0.15) is 5.69 Å². The van der Waals surface area contributed by atoms with E-state index in [1.54, 1.807) is 24.3 Å². The minimum Gasteiger partial charge on any atom is -0.382 e. The number of halogens is 3. The fourth-order valence-corrected chi connectivity index (χ4v) is 1.92. The molecule has 100 valence electrons. The summed E-state index contributed by atoms with van der Waals surface area (Å²) < 4.78 is 39.5. The summed E-state index contributed by atoms with van der Waals surface area (Å²) in [5.74, 6) is -4.10. The second-order valence-corrected chi connectivity index (χ2v) is 4.20. The summed E-state index contributed by atoms with van der Waals surface area (Å²) in [4.78, 5) is 8.32. The molecule has 1 heterocycles. The van der Waals surface area contributed by atoms with Crippen LogP contribution in [0, 0.1) is 17.5 Å². The van der Waals surface area contributed by atoms with Gasteiger partial charge in [-0.2, -0.15) is 0 Å². The molecule has 0 bridgehead atoms. The quantitative estimate of drug-likeness (QED) is 0.693. The average Bonchev–Trinajstić information content (AvgIpc) is 2.43. The van der Waals surface area contributed by atoms with Crippen LogP contribution in [-0.4, -0.2) is 9.97 Å². The maximum atomic E-state index is 13.3. The molecule has 3 nitrogen and oxygen atoms in total. The lowest BCUT2D eigenvalue weighted by atomic mass is 10.1. The van der Waals surface area contributed by atoms with E-state index >= 15 is 0 Å². The highest BCUT2D eigenvalue weighted by Gasteiger charge is 2.15. The van der Waals surface area contributed by atoms with E-state index in [1.807, 2.05) is 0 Å². The Morgan fingerprint density at radius 1 is 0.850 bits per heavy atom. The fraction of sp³-hybridized carbons (Fsp3) is 0. The number of anilines is 1. The van der Waals surface area contributed by atoms with Crippen molar-refractivity contribution in [3.8, 4) is 11.3 Å². The van der Waals surface area contributed by atoms with E-state index in [0.717, 1.165) is 12.1 Å². The third kappa shape index (κ3) is 1.95. The molecule has 0 fully saturated rings. The number of benzene rings is 2. The standard InChI is InChI=1S/C14H8F3N3/c15-8-5-7(6-9(16)12(8)17)13-14(18)20-11-4-2-1-3-10(11)19-13/h1-6H,(H2,18,20). The van der Waals surface area contributed by atoms with Gasteiger partial charge in [-0.3, -0.25) is 0 Å². The fourth-order valence-electron chi connectivity index (χ4n) is 1.92. The van der Waals surface area contributed by atoms with Crippen LogP contribution in [0.3, 0.4) is 0 Å². The molecule has 2 aromatic carbocycles. The SMILES string of the molecule is Nc1nc2ccccc2nc1-c1cc(F)c(F)c(F)c1. The molecule has 20 heavy (non-hydrogen) atoms. The second-order valence-electron chi connectivity index (χ2n) is 4.20. The normalized spacial score (nSPS) is 10.9. The summed E-state index contributed by atoms with van der Waals surface area (Å²) in [6.45, 7) is 0. The van der Waals surface area contributed by atoms with E-state index in [0.29, 0.717) is 11.0 Å².